The van der Waals surface area contributed by atoms with Gasteiger partial charge in [0.15, 0.2) is 0 Å². The normalized spacial score (nSPS) is 15.6. The molecule has 2 amide bonds. The molecule has 0 aliphatic carbocycles. The first kappa shape index (κ1) is 14.2. The summed E-state index contributed by atoms with van der Waals surface area (Å²) in [6, 6.07) is 0. The highest BCUT2D eigenvalue weighted by Crippen LogP contribution is 2.25. The number of amides is 2. The molecule has 0 bridgehead atoms. The van der Waals surface area contributed by atoms with Crippen LogP contribution in [0, 0.1) is 6.92 Å². The topological polar surface area (TPSA) is 113 Å². The van der Waals surface area contributed by atoms with Gasteiger partial charge in [-0.1, -0.05) is 13.8 Å². The second kappa shape index (κ2) is 5.41. The minimum Gasteiger partial charge on any atom is -0.338 e. The van der Waals surface area contributed by atoms with Gasteiger partial charge in [-0.05, 0) is 6.92 Å². The van der Waals surface area contributed by atoms with E-state index in [2.05, 4.69) is 20.7 Å². The van der Waals surface area contributed by atoms with E-state index in [-0.39, 0.29) is 30.8 Å². The van der Waals surface area contributed by atoms with Crippen molar-refractivity contribution in [2.24, 2.45) is 5.84 Å². The Hall–Kier alpha value is -2.22. The first-order valence-corrected chi connectivity index (χ1v) is 6.35. The second-order valence-corrected chi connectivity index (χ2v) is 5.01. The molecule has 2 rings (SSSR count). The van der Waals surface area contributed by atoms with Crippen LogP contribution in [0.4, 0.5) is 11.6 Å². The van der Waals surface area contributed by atoms with Crippen LogP contribution < -0.4 is 21.5 Å². The van der Waals surface area contributed by atoms with Gasteiger partial charge in [0.25, 0.3) is 0 Å². The molecule has 0 saturated carbocycles. The third-order valence-electron chi connectivity index (χ3n) is 3.04. The van der Waals surface area contributed by atoms with E-state index in [9.17, 15) is 9.59 Å². The first-order valence-electron chi connectivity index (χ1n) is 6.35. The maximum Gasteiger partial charge on any atom is 0.246 e. The van der Waals surface area contributed by atoms with Gasteiger partial charge in [0.1, 0.15) is 17.5 Å². The smallest absolute Gasteiger partial charge is 0.246 e. The number of aromatic nitrogens is 2. The number of imide groups is 1. The molecule has 8 nitrogen and oxygen atoms in total. The number of rotatable bonds is 3. The van der Waals surface area contributed by atoms with Crippen LogP contribution in [0.2, 0.25) is 0 Å². The molecule has 0 unspecified atom stereocenters. The SMILES string of the molecule is Cc1c(NN)nc(C(C)C)nc1N1CC(=O)NC(=O)C1. The van der Waals surface area contributed by atoms with Crippen LogP contribution in [0.5, 0.6) is 0 Å². The Labute approximate surface area is 116 Å². The highest BCUT2D eigenvalue weighted by Gasteiger charge is 2.26. The molecule has 0 radical (unpaired) electrons. The second-order valence-electron chi connectivity index (χ2n) is 5.01. The summed E-state index contributed by atoms with van der Waals surface area (Å²) in [6.45, 7) is 5.90. The number of hydrazine groups is 1. The average Bonchev–Trinajstić information content (AvgIpc) is 2.37. The summed E-state index contributed by atoms with van der Waals surface area (Å²) in [5.41, 5.74) is 3.24. The van der Waals surface area contributed by atoms with Crippen LogP contribution in [0.15, 0.2) is 0 Å². The molecule has 0 atom stereocenters. The molecule has 20 heavy (non-hydrogen) atoms. The van der Waals surface area contributed by atoms with Gasteiger partial charge < -0.3 is 10.3 Å². The van der Waals surface area contributed by atoms with Crippen LogP contribution in [0.3, 0.4) is 0 Å². The van der Waals surface area contributed by atoms with Crippen LogP contribution in [-0.4, -0.2) is 34.9 Å². The Bertz CT molecular complexity index is 541. The quantitative estimate of drug-likeness (QED) is 0.393. The number of carbonyl (C=O) groups excluding carboxylic acids is 2. The number of hydrogen-bond donors (Lipinski definition) is 3. The van der Waals surface area contributed by atoms with Gasteiger partial charge in [-0.15, -0.1) is 0 Å². The Balaban J connectivity index is 2.46. The molecular formula is C12H18N6O2. The number of nitrogens with one attached hydrogen (secondary N) is 2. The number of nitrogens with zero attached hydrogens (tertiary/aromatic N) is 3. The first-order chi connectivity index (χ1) is 9.42. The van der Waals surface area contributed by atoms with Gasteiger partial charge in [-0.25, -0.2) is 15.8 Å². The zero-order valence-electron chi connectivity index (χ0n) is 11.7. The fraction of sp³-hybridized carbons (Fsp3) is 0.500. The molecule has 4 N–H and O–H groups in total. The highest BCUT2D eigenvalue weighted by molar-refractivity contribution is 6.02. The molecule has 1 fully saturated rings. The summed E-state index contributed by atoms with van der Waals surface area (Å²) >= 11 is 0. The van der Waals surface area contributed by atoms with Crippen molar-refractivity contribution in [2.45, 2.75) is 26.7 Å². The van der Waals surface area contributed by atoms with Crippen molar-refractivity contribution in [3.8, 4) is 0 Å². The van der Waals surface area contributed by atoms with Crippen molar-refractivity contribution >= 4 is 23.5 Å². The molecule has 1 aromatic rings. The number of hydrogen-bond acceptors (Lipinski definition) is 7. The number of anilines is 2. The lowest BCUT2D eigenvalue weighted by atomic mass is 10.2. The van der Waals surface area contributed by atoms with Crippen LogP contribution in [0.1, 0.15) is 31.2 Å². The number of nitrogen functional groups attached to an aromatic ring is 1. The van der Waals surface area contributed by atoms with Gasteiger partial charge in [0.2, 0.25) is 11.8 Å². The predicted molar refractivity (Wildman–Crippen MR) is 74.0 cm³/mol. The standard InChI is InChI=1S/C12H18N6O2/c1-6(2)10-15-11(17-13)7(3)12(16-10)18-4-8(19)14-9(20)5-18/h6H,4-5,13H2,1-3H3,(H,14,19,20)(H,15,16,17). The maximum atomic E-state index is 11.5. The van der Waals surface area contributed by atoms with E-state index < -0.39 is 0 Å². The van der Waals surface area contributed by atoms with Gasteiger partial charge in [-0.2, -0.15) is 0 Å². The monoisotopic (exact) mass is 278 g/mol. The van der Waals surface area contributed by atoms with Crippen molar-refractivity contribution in [1.82, 2.24) is 15.3 Å². The number of nitrogens with two attached hydrogens (primary N) is 1. The van der Waals surface area contributed by atoms with Crippen LogP contribution >= 0.6 is 0 Å². The van der Waals surface area contributed by atoms with Gasteiger partial charge in [0.05, 0.1) is 13.1 Å². The molecule has 108 valence electrons. The maximum absolute atomic E-state index is 11.5. The third kappa shape index (κ3) is 2.69. The summed E-state index contributed by atoms with van der Waals surface area (Å²) < 4.78 is 0. The van der Waals surface area contributed by atoms with Crippen molar-refractivity contribution in [1.29, 1.82) is 0 Å². The lowest BCUT2D eigenvalue weighted by Crippen LogP contribution is -2.52. The molecule has 1 aromatic heterocycles. The lowest BCUT2D eigenvalue weighted by molar-refractivity contribution is -0.130. The van der Waals surface area contributed by atoms with Crippen LogP contribution in [0.25, 0.3) is 0 Å². The third-order valence-corrected chi connectivity index (χ3v) is 3.04. The van der Waals surface area contributed by atoms with Gasteiger partial charge in [0, 0.05) is 11.5 Å². The van der Waals surface area contributed by atoms with Gasteiger partial charge >= 0.3 is 0 Å². The van der Waals surface area contributed by atoms with Crippen molar-refractivity contribution in [3.05, 3.63) is 11.4 Å². The van der Waals surface area contributed by atoms with E-state index in [0.29, 0.717) is 23.0 Å². The molecule has 8 heteroatoms. The summed E-state index contributed by atoms with van der Waals surface area (Å²) in [5, 5.41) is 2.26. The van der Waals surface area contributed by atoms with Crippen molar-refractivity contribution in [2.75, 3.05) is 23.4 Å². The Kier molecular flexibility index (Phi) is 3.84. The van der Waals surface area contributed by atoms with E-state index >= 15 is 0 Å². The minimum atomic E-state index is -0.340. The zero-order valence-corrected chi connectivity index (χ0v) is 11.7. The lowest BCUT2D eigenvalue weighted by Gasteiger charge is -2.28. The molecule has 2 heterocycles. The summed E-state index contributed by atoms with van der Waals surface area (Å²) in [5.74, 6) is 6.56. The molecule has 1 saturated heterocycles. The fourth-order valence-electron chi connectivity index (χ4n) is 2.02. The highest BCUT2D eigenvalue weighted by atomic mass is 16.2. The van der Waals surface area contributed by atoms with E-state index in [1.54, 1.807) is 11.8 Å². The Morgan fingerprint density at radius 3 is 2.35 bits per heavy atom. The Morgan fingerprint density at radius 1 is 1.25 bits per heavy atom. The van der Waals surface area contributed by atoms with E-state index in [0.717, 1.165) is 0 Å². The van der Waals surface area contributed by atoms with Crippen molar-refractivity contribution in [3.63, 3.8) is 0 Å². The molecule has 0 aromatic carbocycles. The van der Waals surface area contributed by atoms with Crippen LogP contribution in [-0.2, 0) is 9.59 Å². The molecule has 1 aliphatic heterocycles. The van der Waals surface area contributed by atoms with E-state index in [1.165, 1.54) is 0 Å². The van der Waals surface area contributed by atoms with E-state index in [4.69, 9.17) is 5.84 Å². The summed E-state index contributed by atoms with van der Waals surface area (Å²) in [4.78, 5) is 33.4. The zero-order chi connectivity index (χ0) is 14.9. The Morgan fingerprint density at radius 2 is 1.85 bits per heavy atom. The molecule has 0 spiro atoms. The fourth-order valence-corrected chi connectivity index (χ4v) is 2.02. The summed E-state index contributed by atoms with van der Waals surface area (Å²) in [7, 11) is 0. The van der Waals surface area contributed by atoms with Gasteiger partial charge in [-0.3, -0.25) is 14.9 Å². The molecular weight excluding hydrogens is 260 g/mol. The van der Waals surface area contributed by atoms with E-state index in [1.807, 2.05) is 13.8 Å². The number of carbonyl (C=O) groups is 2. The largest absolute Gasteiger partial charge is 0.338 e. The summed E-state index contributed by atoms with van der Waals surface area (Å²) in [6.07, 6.45) is 0. The molecule has 1 aliphatic rings. The minimum absolute atomic E-state index is 0.0884. The van der Waals surface area contributed by atoms with Crippen molar-refractivity contribution < 1.29 is 9.59 Å². The predicted octanol–water partition coefficient (Wildman–Crippen LogP) is -0.343. The average molecular weight is 278 g/mol. The number of piperazine rings is 1.